The van der Waals surface area contributed by atoms with Gasteiger partial charge >= 0.3 is 0 Å². The number of anilines is 1. The normalized spacial score (nSPS) is 10.5. The molecule has 0 unspecified atom stereocenters. The number of nitrogens with two attached hydrogens (primary N) is 1. The van der Waals surface area contributed by atoms with Crippen LogP contribution in [0.1, 0.15) is 15.9 Å². The molecule has 0 saturated carbocycles. The Balaban J connectivity index is 1.63. The van der Waals surface area contributed by atoms with Crippen LogP contribution in [0, 0.1) is 0 Å². The number of halogens is 2. The maximum Gasteiger partial charge on any atom is 0.248 e. The van der Waals surface area contributed by atoms with Crippen LogP contribution in [-0.4, -0.2) is 22.6 Å². The van der Waals surface area contributed by atoms with Gasteiger partial charge in [0.15, 0.2) is 0 Å². The lowest BCUT2D eigenvalue weighted by atomic mass is 10.1. The average Bonchev–Trinajstić information content (AvgIpc) is 2.64. The molecule has 0 atom stereocenters. The summed E-state index contributed by atoms with van der Waals surface area (Å²) < 4.78 is 0. The van der Waals surface area contributed by atoms with Crippen molar-refractivity contribution in [1.82, 2.24) is 10.2 Å². The summed E-state index contributed by atoms with van der Waals surface area (Å²) in [7, 11) is 0. The van der Waals surface area contributed by atoms with Crippen LogP contribution in [0.2, 0.25) is 10.0 Å². The Morgan fingerprint density at radius 3 is 2.58 bits per heavy atom. The first-order valence-corrected chi connectivity index (χ1v) is 8.70. The van der Waals surface area contributed by atoms with Crippen molar-refractivity contribution in [3.63, 3.8) is 0 Å². The van der Waals surface area contributed by atoms with Crippen LogP contribution < -0.4 is 11.1 Å². The Kier molecular flexibility index (Phi) is 5.71. The van der Waals surface area contributed by atoms with Gasteiger partial charge in [0.1, 0.15) is 5.82 Å². The quantitative estimate of drug-likeness (QED) is 0.664. The van der Waals surface area contributed by atoms with Gasteiger partial charge in [-0.2, -0.15) is 0 Å². The van der Waals surface area contributed by atoms with Crippen molar-refractivity contribution in [2.45, 2.75) is 6.42 Å². The van der Waals surface area contributed by atoms with Gasteiger partial charge in [0.2, 0.25) is 5.91 Å². The molecule has 1 amide bonds. The third-order valence-corrected chi connectivity index (χ3v) is 4.41. The fraction of sp³-hybridized carbons (Fsp3) is 0.105. The molecule has 1 aromatic heterocycles. The van der Waals surface area contributed by atoms with Gasteiger partial charge in [-0.25, -0.2) is 0 Å². The van der Waals surface area contributed by atoms with Crippen molar-refractivity contribution in [2.75, 3.05) is 11.9 Å². The monoisotopic (exact) mass is 386 g/mol. The van der Waals surface area contributed by atoms with Crippen molar-refractivity contribution in [2.24, 2.45) is 5.73 Å². The number of hydrogen-bond acceptors (Lipinski definition) is 4. The van der Waals surface area contributed by atoms with E-state index >= 15 is 0 Å². The van der Waals surface area contributed by atoms with Crippen molar-refractivity contribution < 1.29 is 4.79 Å². The van der Waals surface area contributed by atoms with Crippen LogP contribution in [-0.2, 0) is 6.42 Å². The van der Waals surface area contributed by atoms with E-state index in [1.165, 1.54) is 0 Å². The molecule has 0 saturated heterocycles. The van der Waals surface area contributed by atoms with Gasteiger partial charge in [-0.1, -0.05) is 41.4 Å². The number of amides is 1. The Labute approximate surface area is 161 Å². The van der Waals surface area contributed by atoms with Gasteiger partial charge in [-0.15, -0.1) is 10.2 Å². The van der Waals surface area contributed by atoms with Crippen LogP contribution in [0.5, 0.6) is 0 Å². The van der Waals surface area contributed by atoms with Gasteiger partial charge in [0.25, 0.3) is 0 Å². The van der Waals surface area contributed by atoms with Crippen LogP contribution >= 0.6 is 23.2 Å². The molecule has 7 heteroatoms. The third kappa shape index (κ3) is 4.50. The lowest BCUT2D eigenvalue weighted by Crippen LogP contribution is -2.10. The molecule has 3 rings (SSSR count). The first-order valence-electron chi connectivity index (χ1n) is 7.95. The highest BCUT2D eigenvalue weighted by Gasteiger charge is 2.06. The Morgan fingerprint density at radius 1 is 1.04 bits per heavy atom. The summed E-state index contributed by atoms with van der Waals surface area (Å²) in [6.45, 7) is 0.659. The van der Waals surface area contributed by atoms with Gasteiger partial charge in [0, 0.05) is 27.7 Å². The molecular formula is C19H16Cl2N4O. The molecule has 1 heterocycles. The molecule has 26 heavy (non-hydrogen) atoms. The summed E-state index contributed by atoms with van der Waals surface area (Å²) in [5.74, 6) is 0.184. The third-order valence-electron chi connectivity index (χ3n) is 3.82. The van der Waals surface area contributed by atoms with E-state index in [-0.39, 0.29) is 0 Å². The summed E-state index contributed by atoms with van der Waals surface area (Å²) >= 11 is 12.1. The van der Waals surface area contributed by atoms with Gasteiger partial charge in [-0.3, -0.25) is 4.79 Å². The van der Waals surface area contributed by atoms with Gasteiger partial charge in [0.05, 0.1) is 5.69 Å². The zero-order valence-electron chi connectivity index (χ0n) is 13.7. The van der Waals surface area contributed by atoms with E-state index in [2.05, 4.69) is 15.5 Å². The molecule has 2 aromatic carbocycles. The molecule has 132 valence electrons. The molecule has 0 radical (unpaired) electrons. The maximum atomic E-state index is 11.3. The summed E-state index contributed by atoms with van der Waals surface area (Å²) in [5.41, 5.74) is 8.20. The Hall–Kier alpha value is -2.63. The van der Waals surface area contributed by atoms with E-state index in [0.29, 0.717) is 33.7 Å². The van der Waals surface area contributed by atoms with Crippen molar-refractivity contribution >= 4 is 34.9 Å². The van der Waals surface area contributed by atoms with E-state index in [1.54, 1.807) is 24.3 Å². The fourth-order valence-electron chi connectivity index (χ4n) is 2.46. The molecule has 5 nitrogen and oxygen atoms in total. The minimum atomic E-state index is -0.473. The van der Waals surface area contributed by atoms with E-state index in [1.807, 2.05) is 30.3 Å². The summed E-state index contributed by atoms with van der Waals surface area (Å²) in [6, 6.07) is 16.1. The van der Waals surface area contributed by atoms with E-state index in [4.69, 9.17) is 28.9 Å². The first-order chi connectivity index (χ1) is 12.5. The van der Waals surface area contributed by atoms with Crippen molar-refractivity contribution in [3.05, 3.63) is 75.8 Å². The molecule has 0 bridgehead atoms. The Morgan fingerprint density at radius 2 is 1.88 bits per heavy atom. The minimum Gasteiger partial charge on any atom is -0.368 e. The second kappa shape index (κ2) is 8.17. The number of carbonyl (C=O) groups excluding carboxylic acids is 1. The molecular weight excluding hydrogens is 371 g/mol. The highest BCUT2D eigenvalue weighted by molar-refractivity contribution is 6.35. The first kappa shape index (κ1) is 18.2. The highest BCUT2D eigenvalue weighted by Crippen LogP contribution is 2.22. The van der Waals surface area contributed by atoms with Gasteiger partial charge < -0.3 is 11.1 Å². The number of aromatic nitrogens is 2. The number of nitrogens with one attached hydrogen (secondary N) is 1. The summed E-state index contributed by atoms with van der Waals surface area (Å²) in [6.07, 6.45) is 0.736. The van der Waals surface area contributed by atoms with Crippen LogP contribution in [0.25, 0.3) is 11.3 Å². The number of nitrogens with zero attached hydrogens (tertiary/aromatic N) is 2. The second-order valence-corrected chi connectivity index (χ2v) is 6.51. The molecule has 0 fully saturated rings. The smallest absolute Gasteiger partial charge is 0.248 e. The zero-order valence-corrected chi connectivity index (χ0v) is 15.3. The number of carbonyl (C=O) groups is 1. The van der Waals surface area contributed by atoms with E-state index in [9.17, 15) is 4.79 Å². The topological polar surface area (TPSA) is 80.9 Å². The lowest BCUT2D eigenvalue weighted by molar-refractivity contribution is 0.100. The van der Waals surface area contributed by atoms with Crippen LogP contribution in [0.15, 0.2) is 54.6 Å². The van der Waals surface area contributed by atoms with E-state index in [0.717, 1.165) is 17.5 Å². The summed E-state index contributed by atoms with van der Waals surface area (Å²) in [4.78, 5) is 11.3. The zero-order chi connectivity index (χ0) is 18.5. The number of hydrogen-bond donors (Lipinski definition) is 2. The second-order valence-electron chi connectivity index (χ2n) is 5.66. The highest BCUT2D eigenvalue weighted by atomic mass is 35.5. The summed E-state index contributed by atoms with van der Waals surface area (Å²) in [5, 5.41) is 12.8. The van der Waals surface area contributed by atoms with E-state index < -0.39 is 5.91 Å². The lowest BCUT2D eigenvalue weighted by Gasteiger charge is -2.08. The molecule has 0 aliphatic rings. The van der Waals surface area contributed by atoms with Crippen molar-refractivity contribution in [3.8, 4) is 11.3 Å². The predicted octanol–water partition coefficient (Wildman–Crippen LogP) is 4.20. The van der Waals surface area contributed by atoms with Gasteiger partial charge in [-0.05, 0) is 48.4 Å². The SMILES string of the molecule is NC(=O)c1cccc(-c2ccc(NCCc3ccc(Cl)cc3Cl)nn2)c1. The average molecular weight is 387 g/mol. The van der Waals surface area contributed by atoms with Crippen LogP contribution in [0.3, 0.4) is 0 Å². The maximum absolute atomic E-state index is 11.3. The minimum absolute atomic E-state index is 0.436. The predicted molar refractivity (Wildman–Crippen MR) is 105 cm³/mol. The molecule has 0 spiro atoms. The number of rotatable bonds is 6. The standard InChI is InChI=1S/C19H16Cl2N4O/c20-15-5-4-12(16(21)11-15)8-9-23-18-7-6-17(24-25-18)13-2-1-3-14(10-13)19(22)26/h1-7,10-11H,8-9H2,(H2,22,26)(H,23,25). The number of primary amides is 1. The molecule has 3 aromatic rings. The Bertz CT molecular complexity index is 929. The molecule has 0 aliphatic carbocycles. The van der Waals surface area contributed by atoms with Crippen molar-refractivity contribution in [1.29, 1.82) is 0 Å². The largest absolute Gasteiger partial charge is 0.368 e. The fourth-order valence-corrected chi connectivity index (χ4v) is 2.96. The molecule has 3 N–H and O–H groups in total. The number of benzene rings is 2. The molecule has 0 aliphatic heterocycles. The van der Waals surface area contributed by atoms with Crippen LogP contribution in [0.4, 0.5) is 5.82 Å².